The van der Waals surface area contributed by atoms with Crippen LogP contribution in [-0.2, 0) is 19.1 Å². The minimum atomic E-state index is -0.692. The number of hydrogen-bond acceptors (Lipinski definition) is 4. The average Bonchev–Trinajstić information content (AvgIpc) is 2.44. The number of carbonyl (C=O) groups excluding carboxylic acids is 3. The number of nitrogens with one attached hydrogen (secondary N) is 2. The zero-order valence-electron chi connectivity index (χ0n) is 11.5. The molecule has 0 aliphatic carbocycles. The molecule has 1 aliphatic heterocycles. The fourth-order valence-corrected chi connectivity index (χ4v) is 1.88. The molecule has 0 radical (unpaired) electrons. The molecule has 0 aromatic carbocycles. The molecule has 1 fully saturated rings. The van der Waals surface area contributed by atoms with Gasteiger partial charge in [-0.1, -0.05) is 6.92 Å². The second kappa shape index (κ2) is 7.89. The van der Waals surface area contributed by atoms with Crippen LogP contribution < -0.4 is 10.6 Å². The molecular weight excluding hydrogens is 248 g/mol. The van der Waals surface area contributed by atoms with Crippen LogP contribution in [0.3, 0.4) is 0 Å². The van der Waals surface area contributed by atoms with Crippen LogP contribution in [0.15, 0.2) is 0 Å². The van der Waals surface area contributed by atoms with Gasteiger partial charge in [-0.05, 0) is 26.2 Å². The van der Waals surface area contributed by atoms with Crippen LogP contribution in [0.1, 0.15) is 33.1 Å². The first-order chi connectivity index (χ1) is 9.06. The third kappa shape index (κ3) is 4.98. The van der Waals surface area contributed by atoms with E-state index in [9.17, 15) is 14.4 Å². The molecule has 1 saturated heterocycles. The van der Waals surface area contributed by atoms with Crippen LogP contribution in [0.25, 0.3) is 0 Å². The highest BCUT2D eigenvalue weighted by Crippen LogP contribution is 2.15. The lowest BCUT2D eigenvalue weighted by atomic mass is 9.95. The predicted octanol–water partition coefficient (Wildman–Crippen LogP) is 0.0130. The third-order valence-corrected chi connectivity index (χ3v) is 3.11. The fraction of sp³-hybridized carbons (Fsp3) is 0.769. The Morgan fingerprint density at radius 1 is 1.26 bits per heavy atom. The van der Waals surface area contributed by atoms with Gasteiger partial charge in [-0.2, -0.15) is 0 Å². The summed E-state index contributed by atoms with van der Waals surface area (Å²) in [7, 11) is 0. The van der Waals surface area contributed by atoms with Crippen LogP contribution >= 0.6 is 0 Å². The maximum absolute atomic E-state index is 11.9. The number of ketones is 1. The van der Waals surface area contributed by atoms with Crippen molar-refractivity contribution in [1.82, 2.24) is 10.6 Å². The van der Waals surface area contributed by atoms with Crippen LogP contribution in [-0.4, -0.2) is 43.4 Å². The summed E-state index contributed by atoms with van der Waals surface area (Å²) in [6.07, 6.45) is 1.97. The first-order valence-corrected chi connectivity index (χ1v) is 6.76. The molecule has 2 N–H and O–H groups in total. The summed E-state index contributed by atoms with van der Waals surface area (Å²) in [5.41, 5.74) is 0. The molecular formula is C13H22N2O4. The normalized spacial score (nSPS) is 17.6. The van der Waals surface area contributed by atoms with Gasteiger partial charge in [-0.15, -0.1) is 0 Å². The molecule has 19 heavy (non-hydrogen) atoms. The Morgan fingerprint density at radius 2 is 1.89 bits per heavy atom. The summed E-state index contributed by atoms with van der Waals surface area (Å²) in [5, 5.41) is 5.12. The van der Waals surface area contributed by atoms with Gasteiger partial charge in [0.25, 0.3) is 5.91 Å². The largest absolute Gasteiger partial charge is 0.381 e. The second-order valence-electron chi connectivity index (χ2n) is 4.74. The molecule has 0 bridgehead atoms. The molecule has 2 amide bonds. The summed E-state index contributed by atoms with van der Waals surface area (Å²) in [6.45, 7) is 5.10. The average molecular weight is 270 g/mol. The van der Waals surface area contributed by atoms with E-state index in [-0.39, 0.29) is 11.8 Å². The van der Waals surface area contributed by atoms with Crippen LogP contribution in [0.4, 0.5) is 0 Å². The molecule has 0 saturated carbocycles. The monoisotopic (exact) mass is 270 g/mol. The highest BCUT2D eigenvalue weighted by atomic mass is 16.5. The molecule has 1 heterocycles. The van der Waals surface area contributed by atoms with Gasteiger partial charge >= 0.3 is 0 Å². The smallest absolute Gasteiger partial charge is 0.288 e. The van der Waals surface area contributed by atoms with Gasteiger partial charge < -0.3 is 15.4 Å². The molecule has 6 heteroatoms. The summed E-state index contributed by atoms with van der Waals surface area (Å²) in [5.74, 6) is -1.67. The van der Waals surface area contributed by atoms with Gasteiger partial charge in [-0.25, -0.2) is 0 Å². The Balaban J connectivity index is 2.40. The van der Waals surface area contributed by atoms with Gasteiger partial charge in [0.1, 0.15) is 6.04 Å². The minimum absolute atomic E-state index is 0.269. The number of carbonyl (C=O) groups is 3. The lowest BCUT2D eigenvalue weighted by molar-refractivity contribution is -0.143. The van der Waals surface area contributed by atoms with E-state index in [2.05, 4.69) is 10.6 Å². The van der Waals surface area contributed by atoms with E-state index in [4.69, 9.17) is 4.74 Å². The molecule has 0 spiro atoms. The van der Waals surface area contributed by atoms with E-state index in [1.807, 2.05) is 6.92 Å². The zero-order chi connectivity index (χ0) is 14.3. The summed E-state index contributed by atoms with van der Waals surface area (Å²) >= 11 is 0. The molecule has 108 valence electrons. The van der Waals surface area contributed by atoms with Gasteiger partial charge in [0, 0.05) is 25.7 Å². The lowest BCUT2D eigenvalue weighted by Crippen LogP contribution is -2.48. The van der Waals surface area contributed by atoms with E-state index in [1.54, 1.807) is 6.92 Å². The van der Waals surface area contributed by atoms with E-state index in [1.165, 1.54) is 0 Å². The second-order valence-corrected chi connectivity index (χ2v) is 4.74. The Bertz CT molecular complexity index is 338. The van der Waals surface area contributed by atoms with Crippen LogP contribution in [0, 0.1) is 5.92 Å². The molecule has 0 unspecified atom stereocenters. The van der Waals surface area contributed by atoms with E-state index < -0.39 is 17.7 Å². The maximum atomic E-state index is 11.9. The standard InChI is InChI=1S/C13H22N2O4/c1-3-6-14-12(17)9(2)15-13(18)11(16)10-4-7-19-8-5-10/h9-10H,3-8H2,1-2H3,(H,14,17)(H,15,18)/t9-/m1/s1. The number of rotatable bonds is 6. The first-order valence-electron chi connectivity index (χ1n) is 6.76. The zero-order valence-corrected chi connectivity index (χ0v) is 11.5. The Morgan fingerprint density at radius 3 is 2.47 bits per heavy atom. The number of hydrogen-bond donors (Lipinski definition) is 2. The topological polar surface area (TPSA) is 84.5 Å². The molecule has 1 aliphatic rings. The molecule has 0 aromatic heterocycles. The van der Waals surface area contributed by atoms with Crippen molar-refractivity contribution in [1.29, 1.82) is 0 Å². The lowest BCUT2D eigenvalue weighted by Gasteiger charge is -2.21. The van der Waals surface area contributed by atoms with Crippen molar-refractivity contribution in [3.63, 3.8) is 0 Å². The van der Waals surface area contributed by atoms with Crippen LogP contribution in [0.5, 0.6) is 0 Å². The Kier molecular flexibility index (Phi) is 6.49. The predicted molar refractivity (Wildman–Crippen MR) is 69.5 cm³/mol. The Labute approximate surface area is 113 Å². The van der Waals surface area contributed by atoms with Gasteiger partial charge in [0.2, 0.25) is 11.7 Å². The number of ether oxygens (including phenoxy) is 1. The van der Waals surface area contributed by atoms with Gasteiger partial charge in [0.05, 0.1) is 0 Å². The minimum Gasteiger partial charge on any atom is -0.381 e. The van der Waals surface area contributed by atoms with Crippen LogP contribution in [0.2, 0.25) is 0 Å². The van der Waals surface area contributed by atoms with E-state index in [0.29, 0.717) is 32.6 Å². The summed E-state index contributed by atoms with van der Waals surface area (Å²) in [6, 6.07) is -0.692. The van der Waals surface area contributed by atoms with E-state index >= 15 is 0 Å². The maximum Gasteiger partial charge on any atom is 0.288 e. The van der Waals surface area contributed by atoms with Crippen molar-refractivity contribution in [2.75, 3.05) is 19.8 Å². The number of Topliss-reactive ketones (excluding diaryl/α,β-unsaturated/α-hetero) is 1. The van der Waals surface area contributed by atoms with Crippen molar-refractivity contribution in [3.8, 4) is 0 Å². The highest BCUT2D eigenvalue weighted by Gasteiger charge is 2.28. The summed E-state index contributed by atoms with van der Waals surface area (Å²) < 4.78 is 5.15. The molecule has 1 rings (SSSR count). The molecule has 6 nitrogen and oxygen atoms in total. The van der Waals surface area contributed by atoms with Crippen molar-refractivity contribution >= 4 is 17.6 Å². The van der Waals surface area contributed by atoms with Crippen molar-refractivity contribution < 1.29 is 19.1 Å². The molecule has 1 atom stereocenters. The van der Waals surface area contributed by atoms with E-state index in [0.717, 1.165) is 6.42 Å². The van der Waals surface area contributed by atoms with Crippen molar-refractivity contribution in [3.05, 3.63) is 0 Å². The third-order valence-electron chi connectivity index (χ3n) is 3.11. The summed E-state index contributed by atoms with van der Waals surface area (Å²) in [4.78, 5) is 35.2. The van der Waals surface area contributed by atoms with Gasteiger partial charge in [-0.3, -0.25) is 14.4 Å². The SMILES string of the molecule is CCCNC(=O)[C@@H](C)NC(=O)C(=O)C1CCOCC1. The molecule has 0 aromatic rings. The Hall–Kier alpha value is -1.43. The van der Waals surface area contributed by atoms with Crippen molar-refractivity contribution in [2.24, 2.45) is 5.92 Å². The van der Waals surface area contributed by atoms with Crippen molar-refractivity contribution in [2.45, 2.75) is 39.2 Å². The highest BCUT2D eigenvalue weighted by molar-refractivity contribution is 6.37. The fourth-order valence-electron chi connectivity index (χ4n) is 1.88. The number of amides is 2. The first kappa shape index (κ1) is 15.6. The quantitative estimate of drug-likeness (QED) is 0.666. The van der Waals surface area contributed by atoms with Gasteiger partial charge in [0.15, 0.2) is 0 Å².